The summed E-state index contributed by atoms with van der Waals surface area (Å²) in [6.07, 6.45) is 0.776. The van der Waals surface area contributed by atoms with Crippen LogP contribution in [0, 0.1) is 11.7 Å². The van der Waals surface area contributed by atoms with Crippen LogP contribution in [0.3, 0.4) is 0 Å². The van der Waals surface area contributed by atoms with Crippen LogP contribution in [0.5, 0.6) is 0 Å². The second kappa shape index (κ2) is 7.68. The number of nitrogens with zero attached hydrogens (tertiary/aromatic N) is 1. The fourth-order valence-corrected chi connectivity index (χ4v) is 3.37. The van der Waals surface area contributed by atoms with Crippen LogP contribution in [0.2, 0.25) is 0 Å². The Bertz CT molecular complexity index is 821. The molecule has 2 amide bonds. The number of fused-ring (bicyclic) bond motifs is 1. The largest absolute Gasteiger partial charge is 0.350 e. The van der Waals surface area contributed by atoms with E-state index < -0.39 is 6.04 Å². The lowest BCUT2D eigenvalue weighted by molar-refractivity contribution is -0.127. The molecule has 136 valence electrons. The molecule has 0 bridgehead atoms. The molecular weight excluding hydrogens is 331 g/mol. The Balaban J connectivity index is 1.76. The number of carbonyl (C=O) groups is 2. The third kappa shape index (κ3) is 3.62. The van der Waals surface area contributed by atoms with E-state index in [9.17, 15) is 14.0 Å². The molecule has 2 aromatic rings. The first-order valence-electron chi connectivity index (χ1n) is 8.92. The van der Waals surface area contributed by atoms with E-state index in [2.05, 4.69) is 5.32 Å². The maximum Gasteiger partial charge on any atom is 0.255 e. The lowest BCUT2D eigenvalue weighted by Gasteiger charge is -2.31. The number of benzene rings is 2. The first-order chi connectivity index (χ1) is 12.5. The fourth-order valence-electron chi connectivity index (χ4n) is 3.37. The molecule has 5 heteroatoms. The Labute approximate surface area is 153 Å². The summed E-state index contributed by atoms with van der Waals surface area (Å²) in [6.45, 7) is 4.66. The van der Waals surface area contributed by atoms with Crippen molar-refractivity contribution in [2.75, 3.05) is 0 Å². The molecule has 2 atom stereocenters. The molecule has 0 saturated carbocycles. The van der Waals surface area contributed by atoms with Crippen LogP contribution >= 0.6 is 0 Å². The van der Waals surface area contributed by atoms with E-state index in [-0.39, 0.29) is 30.1 Å². The molecule has 3 rings (SSSR count). The highest BCUT2D eigenvalue weighted by Gasteiger charge is 2.38. The van der Waals surface area contributed by atoms with Crippen LogP contribution in [0.25, 0.3) is 0 Å². The summed E-state index contributed by atoms with van der Waals surface area (Å²) in [7, 11) is 0. The van der Waals surface area contributed by atoms with Crippen LogP contribution in [0.1, 0.15) is 41.8 Å². The van der Waals surface area contributed by atoms with Gasteiger partial charge in [-0.1, -0.05) is 50.6 Å². The maximum atomic E-state index is 13.3. The van der Waals surface area contributed by atoms with Crippen molar-refractivity contribution in [3.05, 3.63) is 71.0 Å². The molecule has 1 aliphatic heterocycles. The molecule has 1 heterocycles. The van der Waals surface area contributed by atoms with Gasteiger partial charge in [-0.25, -0.2) is 4.39 Å². The second-order valence-electron chi connectivity index (χ2n) is 6.77. The van der Waals surface area contributed by atoms with Crippen LogP contribution in [0.15, 0.2) is 48.5 Å². The van der Waals surface area contributed by atoms with Gasteiger partial charge in [0, 0.05) is 18.7 Å². The smallest absolute Gasteiger partial charge is 0.255 e. The number of hydrogen-bond donors (Lipinski definition) is 1. The topological polar surface area (TPSA) is 49.4 Å². The zero-order valence-electron chi connectivity index (χ0n) is 15.0. The molecule has 0 radical (unpaired) electrons. The molecule has 0 saturated heterocycles. The molecular formula is C21H23FN2O2. The second-order valence-corrected chi connectivity index (χ2v) is 6.77. The molecule has 2 aromatic carbocycles. The van der Waals surface area contributed by atoms with Crippen molar-refractivity contribution in [1.29, 1.82) is 0 Å². The van der Waals surface area contributed by atoms with Gasteiger partial charge in [0.15, 0.2) is 0 Å². The van der Waals surface area contributed by atoms with Crippen LogP contribution in [-0.2, 0) is 17.9 Å². The SMILES string of the molecule is CC[C@H](C)[C@@H](C(=O)NCc1cccc(F)c1)N1Cc2ccccc2C1=O. The molecule has 26 heavy (non-hydrogen) atoms. The highest BCUT2D eigenvalue weighted by Crippen LogP contribution is 2.28. The normalized spacial score (nSPS) is 15.5. The molecule has 4 nitrogen and oxygen atoms in total. The lowest BCUT2D eigenvalue weighted by Crippen LogP contribution is -2.50. The molecule has 0 aromatic heterocycles. The third-order valence-electron chi connectivity index (χ3n) is 4.99. The van der Waals surface area contributed by atoms with Crippen molar-refractivity contribution in [3.63, 3.8) is 0 Å². The van der Waals surface area contributed by atoms with Gasteiger partial charge in [0.05, 0.1) is 0 Å². The van der Waals surface area contributed by atoms with Gasteiger partial charge >= 0.3 is 0 Å². The standard InChI is InChI=1S/C21H23FN2O2/c1-3-14(2)19(20(25)23-12-15-7-6-9-17(22)11-15)24-13-16-8-4-5-10-18(16)21(24)26/h4-11,14,19H,3,12-13H2,1-2H3,(H,23,25)/t14-,19-/m0/s1. The Kier molecular flexibility index (Phi) is 5.35. The first kappa shape index (κ1) is 18.1. The highest BCUT2D eigenvalue weighted by atomic mass is 19.1. The number of hydrogen-bond acceptors (Lipinski definition) is 2. The average Bonchev–Trinajstić information content (AvgIpc) is 2.97. The minimum absolute atomic E-state index is 0.0146. The van der Waals surface area contributed by atoms with Gasteiger partial charge in [-0.15, -0.1) is 0 Å². The summed E-state index contributed by atoms with van der Waals surface area (Å²) in [4.78, 5) is 27.3. The van der Waals surface area contributed by atoms with E-state index in [1.807, 2.05) is 32.0 Å². The summed E-state index contributed by atoms with van der Waals surface area (Å²) in [5, 5.41) is 2.87. The Morgan fingerprint density at radius 1 is 1.23 bits per heavy atom. The fraction of sp³-hybridized carbons (Fsp3) is 0.333. The molecule has 0 aliphatic carbocycles. The Morgan fingerprint density at radius 3 is 2.69 bits per heavy atom. The quantitative estimate of drug-likeness (QED) is 0.863. The van der Waals surface area contributed by atoms with Crippen LogP contribution in [0.4, 0.5) is 4.39 Å². The van der Waals surface area contributed by atoms with Crippen LogP contribution < -0.4 is 5.32 Å². The molecule has 1 N–H and O–H groups in total. The Hall–Kier alpha value is -2.69. The van der Waals surface area contributed by atoms with E-state index >= 15 is 0 Å². The van der Waals surface area contributed by atoms with Crippen molar-refractivity contribution in [2.45, 2.75) is 39.4 Å². The predicted octanol–water partition coefficient (Wildman–Crippen LogP) is 3.51. The van der Waals surface area contributed by atoms with Gasteiger partial charge in [0.2, 0.25) is 5.91 Å². The average molecular weight is 354 g/mol. The summed E-state index contributed by atoms with van der Waals surface area (Å²) in [5.41, 5.74) is 2.31. The number of nitrogens with one attached hydrogen (secondary N) is 1. The van der Waals surface area contributed by atoms with Gasteiger partial charge in [-0.3, -0.25) is 9.59 Å². The summed E-state index contributed by atoms with van der Waals surface area (Å²) < 4.78 is 13.3. The van der Waals surface area contributed by atoms with Gasteiger partial charge in [-0.2, -0.15) is 0 Å². The van der Waals surface area contributed by atoms with Crippen molar-refractivity contribution in [3.8, 4) is 0 Å². The van der Waals surface area contributed by atoms with E-state index in [0.29, 0.717) is 17.7 Å². The number of halogens is 1. The van der Waals surface area contributed by atoms with Crippen molar-refractivity contribution < 1.29 is 14.0 Å². The highest BCUT2D eigenvalue weighted by molar-refractivity contribution is 6.01. The lowest BCUT2D eigenvalue weighted by atomic mass is 9.96. The summed E-state index contributed by atoms with van der Waals surface area (Å²) in [6, 6.07) is 13.1. The summed E-state index contributed by atoms with van der Waals surface area (Å²) in [5.74, 6) is -0.627. The van der Waals surface area contributed by atoms with Gasteiger partial charge in [0.25, 0.3) is 5.91 Å². The van der Waals surface area contributed by atoms with Crippen LogP contribution in [-0.4, -0.2) is 22.8 Å². The zero-order chi connectivity index (χ0) is 18.7. The number of rotatable bonds is 6. The first-order valence-corrected chi connectivity index (χ1v) is 8.92. The monoisotopic (exact) mass is 354 g/mol. The van der Waals surface area contributed by atoms with Crippen molar-refractivity contribution in [2.24, 2.45) is 5.92 Å². The van der Waals surface area contributed by atoms with E-state index in [1.54, 1.807) is 23.1 Å². The van der Waals surface area contributed by atoms with E-state index in [0.717, 1.165) is 12.0 Å². The van der Waals surface area contributed by atoms with E-state index in [1.165, 1.54) is 12.1 Å². The van der Waals surface area contributed by atoms with Gasteiger partial charge in [0.1, 0.15) is 11.9 Å². The van der Waals surface area contributed by atoms with Crippen molar-refractivity contribution in [1.82, 2.24) is 10.2 Å². The van der Waals surface area contributed by atoms with E-state index in [4.69, 9.17) is 0 Å². The summed E-state index contributed by atoms with van der Waals surface area (Å²) >= 11 is 0. The van der Waals surface area contributed by atoms with Crippen molar-refractivity contribution >= 4 is 11.8 Å². The number of amides is 2. The molecule has 0 spiro atoms. The predicted molar refractivity (Wildman–Crippen MR) is 97.8 cm³/mol. The number of carbonyl (C=O) groups excluding carboxylic acids is 2. The minimum atomic E-state index is -0.548. The third-order valence-corrected chi connectivity index (χ3v) is 4.99. The molecule has 0 unspecified atom stereocenters. The van der Waals surface area contributed by atoms with Gasteiger partial charge < -0.3 is 10.2 Å². The minimum Gasteiger partial charge on any atom is -0.350 e. The Morgan fingerprint density at radius 2 is 2.00 bits per heavy atom. The zero-order valence-corrected chi connectivity index (χ0v) is 15.0. The maximum absolute atomic E-state index is 13.3. The molecule has 1 aliphatic rings. The van der Waals surface area contributed by atoms with Gasteiger partial charge in [-0.05, 0) is 35.2 Å². The molecule has 0 fully saturated rings.